The van der Waals surface area contributed by atoms with Crippen molar-refractivity contribution in [3.05, 3.63) is 48.0 Å². The van der Waals surface area contributed by atoms with Crippen LogP contribution in [0, 0.1) is 11.8 Å². The van der Waals surface area contributed by atoms with Crippen LogP contribution in [-0.2, 0) is 31.6 Å². The first-order valence-electron chi connectivity index (χ1n) is 18.4. The van der Waals surface area contributed by atoms with Crippen LogP contribution >= 0.6 is 14.7 Å². The Labute approximate surface area is 306 Å². The number of nitrogens with one attached hydrogen (secondary N) is 3. The zero-order valence-corrected chi connectivity index (χ0v) is 31.8. The molecule has 294 valence electrons. The van der Waals surface area contributed by atoms with Crippen molar-refractivity contribution in [1.82, 2.24) is 20.6 Å². The van der Waals surface area contributed by atoms with Crippen LogP contribution in [0.1, 0.15) is 75.5 Å². The van der Waals surface area contributed by atoms with Crippen molar-refractivity contribution in [2.75, 3.05) is 37.7 Å². The molecule has 2 saturated carbocycles. The average Bonchev–Trinajstić information content (AvgIpc) is 3.60. The van der Waals surface area contributed by atoms with Gasteiger partial charge in [-0.1, -0.05) is 50.7 Å². The molecule has 17 heteroatoms. The fourth-order valence-corrected chi connectivity index (χ4v) is 11.1. The van der Waals surface area contributed by atoms with Crippen molar-refractivity contribution in [1.29, 1.82) is 0 Å². The van der Waals surface area contributed by atoms with Crippen molar-refractivity contribution in [3.63, 3.8) is 0 Å². The van der Waals surface area contributed by atoms with E-state index in [0.717, 1.165) is 56.9 Å². The molecule has 0 aliphatic heterocycles. The molecule has 4 rings (SSSR count). The van der Waals surface area contributed by atoms with E-state index in [-0.39, 0.29) is 61.7 Å². The van der Waals surface area contributed by atoms with Gasteiger partial charge < -0.3 is 52.2 Å². The number of carbonyl (C=O) groups is 2. The predicted molar refractivity (Wildman–Crippen MR) is 200 cm³/mol. The molecule has 0 spiro atoms. The van der Waals surface area contributed by atoms with E-state index in [9.17, 15) is 43.8 Å². The highest BCUT2D eigenvalue weighted by Gasteiger charge is 2.30. The number of rotatable bonds is 18. The molecular weight excluding hydrogens is 710 g/mol. The number of phenols is 1. The molecule has 0 radical (unpaired) electrons. The number of aromatic hydroxyl groups is 1. The summed E-state index contributed by atoms with van der Waals surface area (Å²) in [5, 5.41) is 34.4. The predicted octanol–water partition coefficient (Wildman–Crippen LogP) is 2.20. The van der Waals surface area contributed by atoms with E-state index in [1.807, 2.05) is 0 Å². The van der Waals surface area contributed by atoms with Crippen molar-refractivity contribution < 1.29 is 43.8 Å². The number of phenolic OH excluding ortho intramolecular Hbond substituents is 1. The second-order valence-electron chi connectivity index (χ2n) is 14.6. The molecule has 6 atom stereocenters. The van der Waals surface area contributed by atoms with Crippen LogP contribution in [0.4, 0.5) is 0 Å². The number of aliphatic hydroxyl groups is 2. The van der Waals surface area contributed by atoms with E-state index in [1.165, 1.54) is 31.3 Å². The summed E-state index contributed by atoms with van der Waals surface area (Å²) in [5.41, 5.74) is 13.1. The fourth-order valence-electron chi connectivity index (χ4n) is 6.88. The van der Waals surface area contributed by atoms with Crippen molar-refractivity contribution >= 4 is 26.6 Å². The quantitative estimate of drug-likeness (QED) is 0.0978. The van der Waals surface area contributed by atoms with Gasteiger partial charge in [-0.05, 0) is 61.6 Å². The Morgan fingerprint density at radius 1 is 0.769 bits per heavy atom. The van der Waals surface area contributed by atoms with Gasteiger partial charge in [-0.2, -0.15) is 0 Å². The van der Waals surface area contributed by atoms with Crippen molar-refractivity contribution in [2.45, 2.75) is 101 Å². The lowest BCUT2D eigenvalue weighted by molar-refractivity contribution is -0.123. The van der Waals surface area contributed by atoms with Gasteiger partial charge in [0.2, 0.25) is 26.6 Å². The van der Waals surface area contributed by atoms with Gasteiger partial charge in [0.1, 0.15) is 5.75 Å². The standard InChI is InChI=1S/C19H31N2O5P.C16H29N4O4P/c20-18(10-14-6-8-16(22)9-7-14)19(24)21-11-17(23)13-27(25,26)12-15-4-2-1-3-5-15;17-15(6-13-7-18-11-20-13)16(22)19-8-14(21)10-25(23,24)9-12-4-2-1-3-5-12/h6-9,15,17-18,22-23H,1-5,10-13,20H2,(H,21,24)(H,25,26);7,11-12,14-15,21H,1-6,8-10,17H2,(H,18,20)(H,19,22)(H,23,24). The normalized spacial score (nSPS) is 20.2. The number of nitrogens with zero attached hydrogens (tertiary/aromatic N) is 1. The topological polar surface area (TPSA) is 274 Å². The number of benzene rings is 1. The molecule has 2 aliphatic rings. The lowest BCUT2D eigenvalue weighted by atomic mass is 9.91. The third kappa shape index (κ3) is 17.5. The Bertz CT molecular complexity index is 1440. The van der Waals surface area contributed by atoms with Gasteiger partial charge >= 0.3 is 0 Å². The Kier molecular flexibility index (Phi) is 18.5. The van der Waals surface area contributed by atoms with Crippen molar-refractivity contribution in [3.8, 4) is 5.75 Å². The van der Waals surface area contributed by atoms with E-state index >= 15 is 0 Å². The maximum atomic E-state index is 12.4. The zero-order chi connectivity index (χ0) is 38.1. The van der Waals surface area contributed by atoms with Gasteiger partial charge in [-0.15, -0.1) is 0 Å². The van der Waals surface area contributed by atoms with Crippen molar-refractivity contribution in [2.24, 2.45) is 23.3 Å². The maximum absolute atomic E-state index is 12.4. The minimum atomic E-state index is -3.42. The summed E-state index contributed by atoms with van der Waals surface area (Å²) in [4.78, 5) is 51.1. The number of amides is 2. The number of H-pyrrole nitrogens is 1. The number of hydrogen-bond acceptors (Lipinski definition) is 10. The van der Waals surface area contributed by atoms with Crippen LogP contribution in [0.2, 0.25) is 0 Å². The lowest BCUT2D eigenvalue weighted by Crippen LogP contribution is -2.45. The van der Waals surface area contributed by atoms with Crippen LogP contribution in [0.25, 0.3) is 0 Å². The first kappa shape index (κ1) is 43.8. The highest BCUT2D eigenvalue weighted by atomic mass is 31.2. The number of carbonyl (C=O) groups excluding carboxylic acids is 2. The fraction of sp³-hybridized carbons (Fsp3) is 0.686. The van der Waals surface area contributed by atoms with E-state index in [1.54, 1.807) is 18.3 Å². The molecule has 12 N–H and O–H groups in total. The summed E-state index contributed by atoms with van der Waals surface area (Å²) in [6.07, 6.45) is 12.4. The highest BCUT2D eigenvalue weighted by Crippen LogP contribution is 2.46. The van der Waals surface area contributed by atoms with Crippen LogP contribution in [0.5, 0.6) is 5.75 Å². The molecule has 2 aromatic rings. The average molecular weight is 771 g/mol. The van der Waals surface area contributed by atoms with Crippen LogP contribution in [0.3, 0.4) is 0 Å². The molecule has 15 nitrogen and oxygen atoms in total. The summed E-state index contributed by atoms with van der Waals surface area (Å²) in [6.45, 7) is -0.181. The number of aromatic nitrogens is 2. The van der Waals surface area contributed by atoms with Crippen LogP contribution < -0.4 is 22.1 Å². The Hall–Kier alpha value is -2.61. The smallest absolute Gasteiger partial charge is 0.237 e. The summed E-state index contributed by atoms with van der Waals surface area (Å²) in [5.74, 6) is -0.172. The van der Waals surface area contributed by atoms with Crippen LogP contribution in [0.15, 0.2) is 36.8 Å². The van der Waals surface area contributed by atoms with Gasteiger partial charge in [-0.3, -0.25) is 18.7 Å². The minimum absolute atomic E-state index is 0.0810. The molecule has 6 unspecified atom stereocenters. The molecule has 2 amide bonds. The third-order valence-electron chi connectivity index (χ3n) is 9.60. The van der Waals surface area contributed by atoms with Gasteiger partial charge in [0, 0.05) is 38.0 Å². The zero-order valence-electron chi connectivity index (χ0n) is 30.0. The summed E-state index contributed by atoms with van der Waals surface area (Å²) in [7, 11) is -6.81. The molecule has 0 bridgehead atoms. The van der Waals surface area contributed by atoms with Gasteiger partial charge in [0.15, 0.2) is 0 Å². The van der Waals surface area contributed by atoms with E-state index < -0.39 is 50.8 Å². The second-order valence-corrected chi connectivity index (χ2v) is 19.4. The lowest BCUT2D eigenvalue weighted by Gasteiger charge is -2.25. The Balaban J connectivity index is 0.000000281. The van der Waals surface area contributed by atoms with E-state index in [2.05, 4.69) is 20.6 Å². The molecule has 0 saturated heterocycles. The molecule has 2 fully saturated rings. The van der Waals surface area contributed by atoms with Crippen LogP contribution in [-0.4, -0.2) is 109 Å². The van der Waals surface area contributed by atoms with Gasteiger partial charge in [-0.25, -0.2) is 4.98 Å². The number of nitrogens with two attached hydrogens (primary N) is 2. The number of hydrogen-bond donors (Lipinski definition) is 10. The minimum Gasteiger partial charge on any atom is -0.508 e. The summed E-state index contributed by atoms with van der Waals surface area (Å²) >= 11 is 0. The molecule has 2 aliphatic carbocycles. The molecule has 52 heavy (non-hydrogen) atoms. The molecule has 1 aromatic heterocycles. The number of aromatic amines is 1. The monoisotopic (exact) mass is 770 g/mol. The molecule has 1 aromatic carbocycles. The molecule has 1 heterocycles. The number of aliphatic hydroxyl groups excluding tert-OH is 2. The molecular formula is C35H60N6O9P2. The summed E-state index contributed by atoms with van der Waals surface area (Å²) < 4.78 is 24.7. The SMILES string of the molecule is NC(Cc1c[nH]cn1)C(=O)NCC(O)CP(=O)(O)CC1CCCCC1.NC(Cc1ccc(O)cc1)C(=O)NCC(O)CP(=O)(O)CC1CCCCC1. The largest absolute Gasteiger partial charge is 0.508 e. The Morgan fingerprint density at radius 2 is 1.21 bits per heavy atom. The second kappa shape index (κ2) is 21.9. The Morgan fingerprint density at radius 3 is 1.63 bits per heavy atom. The maximum Gasteiger partial charge on any atom is 0.237 e. The number of imidazole rings is 1. The third-order valence-corrected chi connectivity index (χ3v) is 13.8. The van der Waals surface area contributed by atoms with Gasteiger partial charge in [0.05, 0.1) is 48.6 Å². The summed E-state index contributed by atoms with van der Waals surface area (Å²) in [6, 6.07) is 4.84. The van der Waals surface area contributed by atoms with E-state index in [4.69, 9.17) is 11.5 Å². The highest BCUT2D eigenvalue weighted by molar-refractivity contribution is 7.58. The first-order valence-corrected chi connectivity index (χ1v) is 22.5. The van der Waals surface area contributed by atoms with Gasteiger partial charge in [0.25, 0.3) is 0 Å². The van der Waals surface area contributed by atoms with E-state index in [0.29, 0.717) is 12.1 Å². The first-order chi connectivity index (χ1) is 24.6.